The number of benzene rings is 2. The molecule has 2 aromatic carbocycles. The van der Waals surface area contributed by atoms with E-state index in [9.17, 15) is 14.0 Å². The number of fused-ring (bicyclic) bond motifs is 1. The molecule has 0 spiro atoms. The average Bonchev–Trinajstić information content (AvgIpc) is 3.01. The van der Waals surface area contributed by atoms with Gasteiger partial charge in [-0.3, -0.25) is 9.59 Å². The Balaban J connectivity index is 1.98. The molecule has 1 aliphatic rings. The first-order valence-electron chi connectivity index (χ1n) is 10.7. The van der Waals surface area contributed by atoms with E-state index in [1.54, 1.807) is 46.3 Å². The van der Waals surface area contributed by atoms with Crippen LogP contribution in [0.1, 0.15) is 30.5 Å². The van der Waals surface area contributed by atoms with Crippen molar-refractivity contribution in [2.24, 2.45) is 7.05 Å². The van der Waals surface area contributed by atoms with Gasteiger partial charge in [0.25, 0.3) is 5.56 Å². The van der Waals surface area contributed by atoms with E-state index in [1.165, 1.54) is 28.6 Å². The average molecular weight is 480 g/mol. The van der Waals surface area contributed by atoms with Crippen LogP contribution in [-0.2, 0) is 17.3 Å². The molecule has 6 nitrogen and oxygen atoms in total. The molecule has 0 bridgehead atoms. The zero-order valence-electron chi connectivity index (χ0n) is 19.7. The Morgan fingerprint density at radius 1 is 1.15 bits per heavy atom. The number of carbonyl (C=O) groups excluding carboxylic acids is 1. The molecule has 0 atom stereocenters. The number of carbonyl (C=O) groups is 1. The quantitative estimate of drug-likeness (QED) is 0.422. The number of halogens is 1. The molecular formula is C26H26FN3O3S. The van der Waals surface area contributed by atoms with Crippen LogP contribution in [0.25, 0.3) is 11.1 Å². The summed E-state index contributed by atoms with van der Waals surface area (Å²) in [7, 11) is 1.65. The maximum atomic E-state index is 13.9. The van der Waals surface area contributed by atoms with Gasteiger partial charge in [-0.25, -0.2) is 4.39 Å². The van der Waals surface area contributed by atoms with Gasteiger partial charge in [-0.05, 0) is 86.5 Å². The maximum absolute atomic E-state index is 13.9. The molecule has 0 aliphatic carbocycles. The summed E-state index contributed by atoms with van der Waals surface area (Å²) >= 11 is 1.32. The highest BCUT2D eigenvalue weighted by atomic mass is 32.2. The standard InChI is InChI=1S/C26H26FN3O3S/c1-7-34-29-17-8-9-20(33-23-14(2)10-16(27)11-15(23)3)18(12-17)19-13-30(6)24(31)22-21(19)26(4,5)25(32)28-22/h7-13,29H,1H2,2-6H3,(H,28,32). The maximum Gasteiger partial charge on any atom is 0.274 e. The van der Waals surface area contributed by atoms with Crippen molar-refractivity contribution in [2.75, 3.05) is 10.0 Å². The SMILES string of the molecule is C=CSNc1ccc(Oc2c(C)cc(F)cc2C)c(-c2cn(C)c(=O)c3c2C(C)(C)C(=O)N3)c1. The lowest BCUT2D eigenvalue weighted by Gasteiger charge is -2.22. The number of pyridine rings is 1. The smallest absolute Gasteiger partial charge is 0.274 e. The zero-order chi connectivity index (χ0) is 24.8. The second-order valence-corrected chi connectivity index (χ2v) is 9.63. The van der Waals surface area contributed by atoms with Gasteiger partial charge < -0.3 is 19.3 Å². The molecule has 0 radical (unpaired) electrons. The van der Waals surface area contributed by atoms with Crippen LogP contribution < -0.4 is 20.3 Å². The molecule has 0 fully saturated rings. The summed E-state index contributed by atoms with van der Waals surface area (Å²) < 4.78 is 24.9. The second kappa shape index (κ2) is 8.68. The van der Waals surface area contributed by atoms with E-state index in [1.807, 2.05) is 18.2 Å². The fourth-order valence-corrected chi connectivity index (χ4v) is 4.60. The Hall–Kier alpha value is -3.52. The van der Waals surface area contributed by atoms with Gasteiger partial charge in [0.2, 0.25) is 5.91 Å². The fourth-order valence-electron chi connectivity index (χ4n) is 4.26. The lowest BCUT2D eigenvalue weighted by molar-refractivity contribution is -0.119. The molecule has 34 heavy (non-hydrogen) atoms. The van der Waals surface area contributed by atoms with Crippen molar-refractivity contribution in [3.05, 3.63) is 81.4 Å². The first kappa shape index (κ1) is 23.6. The molecular weight excluding hydrogens is 453 g/mol. The van der Waals surface area contributed by atoms with Crippen molar-refractivity contribution in [3.63, 3.8) is 0 Å². The van der Waals surface area contributed by atoms with Crippen LogP contribution in [-0.4, -0.2) is 10.5 Å². The minimum atomic E-state index is -0.920. The summed E-state index contributed by atoms with van der Waals surface area (Å²) in [6, 6.07) is 8.43. The van der Waals surface area contributed by atoms with Gasteiger partial charge in [-0.1, -0.05) is 6.58 Å². The van der Waals surface area contributed by atoms with Crippen LogP contribution in [0.2, 0.25) is 0 Å². The number of nitrogens with zero attached hydrogens (tertiary/aromatic N) is 1. The van der Waals surface area contributed by atoms with Crippen molar-refractivity contribution < 1.29 is 13.9 Å². The summed E-state index contributed by atoms with van der Waals surface area (Å²) in [5.74, 6) is 0.503. The number of ether oxygens (including phenoxy) is 1. The van der Waals surface area contributed by atoms with E-state index in [-0.39, 0.29) is 23.0 Å². The molecule has 2 heterocycles. The van der Waals surface area contributed by atoms with Crippen molar-refractivity contribution in [2.45, 2.75) is 33.1 Å². The van der Waals surface area contributed by atoms with E-state index in [0.717, 1.165) is 5.69 Å². The summed E-state index contributed by atoms with van der Waals surface area (Å²) in [4.78, 5) is 25.6. The lowest BCUT2D eigenvalue weighted by Crippen LogP contribution is -2.27. The third-order valence-corrected chi connectivity index (χ3v) is 6.49. The van der Waals surface area contributed by atoms with Gasteiger partial charge in [0.1, 0.15) is 23.0 Å². The molecule has 1 aliphatic heterocycles. The fraction of sp³-hybridized carbons (Fsp3) is 0.231. The molecule has 0 saturated heterocycles. The second-order valence-electron chi connectivity index (χ2n) is 8.86. The number of amides is 1. The van der Waals surface area contributed by atoms with Crippen LogP contribution in [0.3, 0.4) is 0 Å². The number of aryl methyl sites for hydroxylation is 3. The van der Waals surface area contributed by atoms with Crippen LogP contribution in [0.15, 0.2) is 53.3 Å². The number of anilines is 2. The predicted octanol–water partition coefficient (Wildman–Crippen LogP) is 6.03. The third-order valence-electron chi connectivity index (χ3n) is 5.97. The molecule has 0 saturated carbocycles. The first-order valence-corrected chi connectivity index (χ1v) is 11.6. The van der Waals surface area contributed by atoms with Crippen molar-refractivity contribution >= 4 is 29.2 Å². The van der Waals surface area contributed by atoms with Crippen LogP contribution in [0, 0.1) is 19.7 Å². The summed E-state index contributed by atoms with van der Waals surface area (Å²) in [6.45, 7) is 10.9. The number of rotatable bonds is 6. The van der Waals surface area contributed by atoms with Gasteiger partial charge in [0.15, 0.2) is 0 Å². The van der Waals surface area contributed by atoms with E-state index in [0.29, 0.717) is 39.3 Å². The number of nitrogens with one attached hydrogen (secondary N) is 2. The molecule has 4 rings (SSSR count). The molecule has 3 aromatic rings. The highest BCUT2D eigenvalue weighted by Gasteiger charge is 2.43. The molecule has 1 aromatic heterocycles. The molecule has 8 heteroatoms. The Morgan fingerprint density at radius 3 is 2.47 bits per heavy atom. The first-order chi connectivity index (χ1) is 16.0. The van der Waals surface area contributed by atoms with Crippen LogP contribution >= 0.6 is 11.9 Å². The van der Waals surface area contributed by atoms with E-state index in [4.69, 9.17) is 4.74 Å². The highest BCUT2D eigenvalue weighted by Crippen LogP contribution is 2.46. The number of aromatic nitrogens is 1. The zero-order valence-corrected chi connectivity index (χ0v) is 20.5. The number of hydrogen-bond acceptors (Lipinski definition) is 5. The van der Waals surface area contributed by atoms with Crippen molar-refractivity contribution in [1.29, 1.82) is 0 Å². The van der Waals surface area contributed by atoms with Crippen LogP contribution in [0.5, 0.6) is 11.5 Å². The highest BCUT2D eigenvalue weighted by molar-refractivity contribution is 8.03. The normalized spacial score (nSPS) is 13.9. The largest absolute Gasteiger partial charge is 0.456 e. The predicted molar refractivity (Wildman–Crippen MR) is 136 cm³/mol. The molecule has 176 valence electrons. The summed E-state index contributed by atoms with van der Waals surface area (Å²) in [5.41, 5.74) is 3.19. The van der Waals surface area contributed by atoms with E-state index in [2.05, 4.69) is 16.6 Å². The Morgan fingerprint density at radius 2 is 1.82 bits per heavy atom. The Bertz CT molecular complexity index is 1370. The third kappa shape index (κ3) is 3.98. The topological polar surface area (TPSA) is 72.4 Å². The van der Waals surface area contributed by atoms with Crippen molar-refractivity contribution in [1.82, 2.24) is 4.57 Å². The van der Waals surface area contributed by atoms with Crippen LogP contribution in [0.4, 0.5) is 15.8 Å². The molecule has 1 amide bonds. The van der Waals surface area contributed by atoms with Gasteiger partial charge in [0, 0.05) is 35.6 Å². The summed E-state index contributed by atoms with van der Waals surface area (Å²) in [5, 5.41) is 4.43. The monoisotopic (exact) mass is 479 g/mol. The van der Waals surface area contributed by atoms with E-state index >= 15 is 0 Å². The Kier molecular flexibility index (Phi) is 6.03. The lowest BCUT2D eigenvalue weighted by atomic mass is 9.82. The van der Waals surface area contributed by atoms with Gasteiger partial charge in [-0.15, -0.1) is 0 Å². The minimum Gasteiger partial charge on any atom is -0.456 e. The molecule has 2 N–H and O–H groups in total. The summed E-state index contributed by atoms with van der Waals surface area (Å²) in [6.07, 6.45) is 1.72. The van der Waals surface area contributed by atoms with E-state index < -0.39 is 5.41 Å². The molecule has 0 unspecified atom stereocenters. The Labute approximate surface area is 202 Å². The number of hydrogen-bond donors (Lipinski definition) is 2. The minimum absolute atomic E-state index is 0.240. The van der Waals surface area contributed by atoms with Gasteiger partial charge in [-0.2, -0.15) is 0 Å². The van der Waals surface area contributed by atoms with Gasteiger partial charge in [0.05, 0.1) is 5.41 Å². The van der Waals surface area contributed by atoms with Gasteiger partial charge >= 0.3 is 0 Å². The van der Waals surface area contributed by atoms with Crippen molar-refractivity contribution in [3.8, 4) is 22.6 Å².